The summed E-state index contributed by atoms with van der Waals surface area (Å²) in [5.41, 5.74) is 6.66. The van der Waals surface area contributed by atoms with E-state index in [0.29, 0.717) is 0 Å². The highest BCUT2D eigenvalue weighted by molar-refractivity contribution is 5.53. The third kappa shape index (κ3) is 3.42. The standard InChI is InChI=1S/C12H19FN2/c1-12(2,3)8-15(4)9-5-6-11(14)10(13)7-9/h5-7H,8,14H2,1-4H3. The van der Waals surface area contributed by atoms with Crippen LogP contribution in [0.2, 0.25) is 0 Å². The zero-order chi connectivity index (χ0) is 11.6. The molecule has 0 aliphatic rings. The van der Waals surface area contributed by atoms with Crippen molar-refractivity contribution in [3.05, 3.63) is 24.0 Å². The zero-order valence-corrected chi connectivity index (χ0v) is 9.84. The number of halogens is 1. The van der Waals surface area contributed by atoms with Crippen molar-refractivity contribution in [3.8, 4) is 0 Å². The Balaban J connectivity index is 2.83. The van der Waals surface area contributed by atoms with Gasteiger partial charge in [0.25, 0.3) is 0 Å². The first-order chi connectivity index (χ1) is 6.79. The molecule has 0 saturated heterocycles. The molecule has 0 bridgehead atoms. The van der Waals surface area contributed by atoms with Crippen LogP contribution in [0.3, 0.4) is 0 Å². The highest BCUT2D eigenvalue weighted by atomic mass is 19.1. The van der Waals surface area contributed by atoms with Gasteiger partial charge >= 0.3 is 0 Å². The van der Waals surface area contributed by atoms with E-state index in [0.717, 1.165) is 12.2 Å². The van der Waals surface area contributed by atoms with Crippen LogP contribution >= 0.6 is 0 Å². The number of rotatable bonds is 2. The molecule has 1 aromatic carbocycles. The number of anilines is 2. The molecule has 0 aromatic heterocycles. The molecular weight excluding hydrogens is 191 g/mol. The number of hydrogen-bond acceptors (Lipinski definition) is 2. The van der Waals surface area contributed by atoms with Crippen molar-refractivity contribution >= 4 is 11.4 Å². The molecule has 0 saturated carbocycles. The quantitative estimate of drug-likeness (QED) is 0.760. The second kappa shape index (κ2) is 4.09. The predicted molar refractivity (Wildman–Crippen MR) is 63.5 cm³/mol. The number of benzene rings is 1. The van der Waals surface area contributed by atoms with Crippen molar-refractivity contribution in [1.29, 1.82) is 0 Å². The molecule has 2 N–H and O–H groups in total. The maximum Gasteiger partial charge on any atom is 0.148 e. The van der Waals surface area contributed by atoms with Gasteiger partial charge in [-0.1, -0.05) is 20.8 Å². The summed E-state index contributed by atoms with van der Waals surface area (Å²) in [4.78, 5) is 2.03. The molecule has 0 unspecified atom stereocenters. The minimum absolute atomic E-state index is 0.187. The Morgan fingerprint density at radius 3 is 2.40 bits per heavy atom. The van der Waals surface area contributed by atoms with Gasteiger partial charge in [0, 0.05) is 19.3 Å². The molecule has 84 valence electrons. The van der Waals surface area contributed by atoms with Crippen LogP contribution in [-0.4, -0.2) is 13.6 Å². The van der Waals surface area contributed by atoms with E-state index >= 15 is 0 Å². The molecule has 0 radical (unpaired) electrons. The Hall–Kier alpha value is -1.25. The summed E-state index contributed by atoms with van der Waals surface area (Å²) in [5, 5.41) is 0. The number of hydrogen-bond donors (Lipinski definition) is 1. The van der Waals surface area contributed by atoms with Gasteiger partial charge < -0.3 is 10.6 Å². The van der Waals surface area contributed by atoms with E-state index < -0.39 is 0 Å². The lowest BCUT2D eigenvalue weighted by Gasteiger charge is -2.28. The van der Waals surface area contributed by atoms with E-state index in [2.05, 4.69) is 20.8 Å². The van der Waals surface area contributed by atoms with Crippen molar-refractivity contribution in [1.82, 2.24) is 0 Å². The van der Waals surface area contributed by atoms with E-state index in [1.165, 1.54) is 6.07 Å². The van der Waals surface area contributed by atoms with E-state index in [4.69, 9.17) is 5.73 Å². The van der Waals surface area contributed by atoms with Gasteiger partial charge in [-0.25, -0.2) is 4.39 Å². The van der Waals surface area contributed by atoms with E-state index in [1.807, 2.05) is 18.0 Å². The van der Waals surface area contributed by atoms with Gasteiger partial charge in [0.05, 0.1) is 5.69 Å². The number of nitrogens with zero attached hydrogens (tertiary/aromatic N) is 1. The van der Waals surface area contributed by atoms with Gasteiger partial charge in [-0.05, 0) is 23.6 Å². The summed E-state index contributed by atoms with van der Waals surface area (Å²) in [6, 6.07) is 4.91. The molecule has 15 heavy (non-hydrogen) atoms. The van der Waals surface area contributed by atoms with Crippen molar-refractivity contribution in [2.24, 2.45) is 5.41 Å². The van der Waals surface area contributed by atoms with Crippen LogP contribution in [0, 0.1) is 11.2 Å². The van der Waals surface area contributed by atoms with Crippen molar-refractivity contribution in [2.45, 2.75) is 20.8 Å². The van der Waals surface area contributed by atoms with Crippen LogP contribution in [0.1, 0.15) is 20.8 Å². The first-order valence-corrected chi connectivity index (χ1v) is 5.06. The summed E-state index contributed by atoms with van der Waals surface area (Å²) >= 11 is 0. The molecule has 0 aliphatic heterocycles. The van der Waals surface area contributed by atoms with E-state index in [-0.39, 0.29) is 16.9 Å². The highest BCUT2D eigenvalue weighted by Gasteiger charge is 2.14. The van der Waals surface area contributed by atoms with Crippen molar-refractivity contribution in [3.63, 3.8) is 0 Å². The monoisotopic (exact) mass is 210 g/mol. The molecular formula is C12H19FN2. The van der Waals surface area contributed by atoms with Gasteiger partial charge in [0.15, 0.2) is 0 Å². The number of nitrogens with two attached hydrogens (primary N) is 1. The highest BCUT2D eigenvalue weighted by Crippen LogP contribution is 2.22. The van der Waals surface area contributed by atoms with Crippen LogP contribution < -0.4 is 10.6 Å². The summed E-state index contributed by atoms with van der Waals surface area (Å²) in [5.74, 6) is -0.353. The topological polar surface area (TPSA) is 29.3 Å². The Morgan fingerprint density at radius 2 is 1.93 bits per heavy atom. The fraction of sp³-hybridized carbons (Fsp3) is 0.500. The molecule has 1 aromatic rings. The van der Waals surface area contributed by atoms with Crippen LogP contribution in [0.5, 0.6) is 0 Å². The SMILES string of the molecule is CN(CC(C)(C)C)c1ccc(N)c(F)c1. The zero-order valence-electron chi connectivity index (χ0n) is 9.84. The molecule has 0 amide bonds. The van der Waals surface area contributed by atoms with Gasteiger partial charge in [-0.3, -0.25) is 0 Å². The van der Waals surface area contributed by atoms with Gasteiger partial charge in [0.1, 0.15) is 5.82 Å². The smallest absolute Gasteiger partial charge is 0.148 e. The van der Waals surface area contributed by atoms with Crippen LogP contribution in [0.15, 0.2) is 18.2 Å². The predicted octanol–water partition coefficient (Wildman–Crippen LogP) is 2.89. The Bertz CT molecular complexity index is 342. The second-order valence-electron chi connectivity index (χ2n) is 5.12. The molecule has 0 spiro atoms. The minimum Gasteiger partial charge on any atom is -0.396 e. The largest absolute Gasteiger partial charge is 0.396 e. The molecule has 0 aliphatic carbocycles. The van der Waals surface area contributed by atoms with Gasteiger partial charge in [-0.2, -0.15) is 0 Å². The minimum atomic E-state index is -0.353. The summed E-state index contributed by atoms with van der Waals surface area (Å²) < 4.78 is 13.2. The van der Waals surface area contributed by atoms with Crippen LogP contribution in [0.4, 0.5) is 15.8 Å². The molecule has 1 rings (SSSR count). The lowest BCUT2D eigenvalue weighted by Crippen LogP contribution is -2.29. The summed E-state index contributed by atoms with van der Waals surface area (Å²) in [6.07, 6.45) is 0. The lowest BCUT2D eigenvalue weighted by molar-refractivity contribution is 0.418. The summed E-state index contributed by atoms with van der Waals surface area (Å²) in [7, 11) is 1.95. The third-order valence-corrected chi connectivity index (χ3v) is 2.14. The Morgan fingerprint density at radius 1 is 1.33 bits per heavy atom. The normalized spacial score (nSPS) is 11.5. The second-order valence-corrected chi connectivity index (χ2v) is 5.12. The van der Waals surface area contributed by atoms with Crippen molar-refractivity contribution in [2.75, 3.05) is 24.2 Å². The molecule has 0 heterocycles. The van der Waals surface area contributed by atoms with E-state index in [9.17, 15) is 4.39 Å². The van der Waals surface area contributed by atoms with Crippen LogP contribution in [0.25, 0.3) is 0 Å². The average Bonchev–Trinajstić information content (AvgIpc) is 2.06. The van der Waals surface area contributed by atoms with E-state index in [1.54, 1.807) is 6.07 Å². The molecule has 2 nitrogen and oxygen atoms in total. The molecule has 0 atom stereocenters. The fourth-order valence-electron chi connectivity index (χ4n) is 1.56. The molecule has 0 fully saturated rings. The first kappa shape index (κ1) is 11.8. The van der Waals surface area contributed by atoms with Gasteiger partial charge in [0.2, 0.25) is 0 Å². The Kier molecular flexibility index (Phi) is 3.22. The number of nitrogen functional groups attached to an aromatic ring is 1. The third-order valence-electron chi connectivity index (χ3n) is 2.14. The molecule has 3 heteroatoms. The average molecular weight is 210 g/mol. The van der Waals surface area contributed by atoms with Gasteiger partial charge in [-0.15, -0.1) is 0 Å². The van der Waals surface area contributed by atoms with Crippen molar-refractivity contribution < 1.29 is 4.39 Å². The summed E-state index contributed by atoms with van der Waals surface area (Å²) in [6.45, 7) is 7.32. The maximum absolute atomic E-state index is 13.2. The Labute approximate surface area is 90.9 Å². The van der Waals surface area contributed by atoms with Crippen LogP contribution in [-0.2, 0) is 0 Å². The lowest BCUT2D eigenvalue weighted by atomic mass is 9.96. The maximum atomic E-state index is 13.2. The fourth-order valence-corrected chi connectivity index (χ4v) is 1.56. The first-order valence-electron chi connectivity index (χ1n) is 5.06.